The molecule has 1 saturated heterocycles. The van der Waals surface area contributed by atoms with Gasteiger partial charge in [-0.15, -0.1) is 0 Å². The first-order valence-corrected chi connectivity index (χ1v) is 7.41. The number of halogens is 2. The molecule has 1 aromatic carbocycles. The van der Waals surface area contributed by atoms with Crippen LogP contribution in [0.1, 0.15) is 24.8 Å². The van der Waals surface area contributed by atoms with Crippen molar-refractivity contribution in [1.82, 2.24) is 4.90 Å². The maximum atomic E-state index is 4.80. The zero-order chi connectivity index (χ0) is 11.1. The van der Waals surface area contributed by atoms with Crippen LogP contribution in [0.2, 0.25) is 0 Å². The minimum Gasteiger partial charge on any atom is -0.356 e. The van der Waals surface area contributed by atoms with Gasteiger partial charge in [0, 0.05) is 33.1 Å². The third-order valence-corrected chi connectivity index (χ3v) is 4.60. The molecule has 2 heterocycles. The van der Waals surface area contributed by atoms with Crippen LogP contribution in [-0.2, 0) is 6.54 Å². The van der Waals surface area contributed by atoms with Gasteiger partial charge in [-0.3, -0.25) is 0 Å². The second kappa shape index (κ2) is 4.29. The number of fused-ring (bicyclic) bond motifs is 2. The highest BCUT2D eigenvalue weighted by Gasteiger charge is 2.23. The SMILES string of the molecule is Brc1cc(I)c2c(c1)N=C1CCCCN1C2. The van der Waals surface area contributed by atoms with Crippen molar-refractivity contribution < 1.29 is 0 Å². The Morgan fingerprint density at radius 3 is 3.06 bits per heavy atom. The van der Waals surface area contributed by atoms with E-state index in [0.29, 0.717) is 0 Å². The minimum atomic E-state index is 1.04. The summed E-state index contributed by atoms with van der Waals surface area (Å²) in [6.07, 6.45) is 3.74. The lowest BCUT2D eigenvalue weighted by Crippen LogP contribution is -2.36. The van der Waals surface area contributed by atoms with Crippen molar-refractivity contribution in [2.45, 2.75) is 25.8 Å². The van der Waals surface area contributed by atoms with Crippen molar-refractivity contribution in [3.8, 4) is 0 Å². The lowest BCUT2D eigenvalue weighted by atomic mass is 10.0. The maximum Gasteiger partial charge on any atom is 0.105 e. The zero-order valence-corrected chi connectivity index (χ0v) is 12.6. The summed E-state index contributed by atoms with van der Waals surface area (Å²) in [6.45, 7) is 2.21. The Morgan fingerprint density at radius 2 is 2.19 bits per heavy atom. The third kappa shape index (κ3) is 1.90. The molecule has 4 heteroatoms. The predicted molar refractivity (Wildman–Crippen MR) is 78.2 cm³/mol. The van der Waals surface area contributed by atoms with E-state index >= 15 is 0 Å². The Morgan fingerprint density at radius 1 is 1.31 bits per heavy atom. The van der Waals surface area contributed by atoms with E-state index in [9.17, 15) is 0 Å². The Balaban J connectivity index is 2.09. The summed E-state index contributed by atoms with van der Waals surface area (Å²) in [5.41, 5.74) is 2.54. The average molecular weight is 391 g/mol. The summed E-state index contributed by atoms with van der Waals surface area (Å²) in [6, 6.07) is 4.31. The van der Waals surface area contributed by atoms with Crippen molar-refractivity contribution in [3.05, 3.63) is 25.7 Å². The summed E-state index contributed by atoms with van der Waals surface area (Å²) < 4.78 is 2.44. The Bertz CT molecular complexity index is 470. The molecule has 0 radical (unpaired) electrons. The van der Waals surface area contributed by atoms with Crippen LogP contribution in [0.25, 0.3) is 0 Å². The number of hydrogen-bond donors (Lipinski definition) is 0. The average Bonchev–Trinajstić information content (AvgIpc) is 2.27. The number of amidine groups is 1. The topological polar surface area (TPSA) is 15.6 Å². The quantitative estimate of drug-likeness (QED) is 0.609. The van der Waals surface area contributed by atoms with Crippen LogP contribution in [0.15, 0.2) is 21.6 Å². The van der Waals surface area contributed by atoms with Gasteiger partial charge in [-0.1, -0.05) is 15.9 Å². The van der Waals surface area contributed by atoms with Crippen molar-refractivity contribution in [2.75, 3.05) is 6.54 Å². The molecule has 0 unspecified atom stereocenters. The largest absolute Gasteiger partial charge is 0.356 e. The van der Waals surface area contributed by atoms with Gasteiger partial charge in [0.25, 0.3) is 0 Å². The van der Waals surface area contributed by atoms with Crippen LogP contribution in [0.4, 0.5) is 5.69 Å². The molecule has 0 saturated carbocycles. The highest BCUT2D eigenvalue weighted by molar-refractivity contribution is 14.1. The van der Waals surface area contributed by atoms with Crippen LogP contribution in [0.5, 0.6) is 0 Å². The van der Waals surface area contributed by atoms with Crippen LogP contribution < -0.4 is 0 Å². The second-order valence-corrected chi connectivity index (χ2v) is 6.37. The lowest BCUT2D eigenvalue weighted by molar-refractivity contribution is 0.358. The number of benzene rings is 1. The van der Waals surface area contributed by atoms with Gasteiger partial charge in [-0.2, -0.15) is 0 Å². The van der Waals surface area contributed by atoms with Crippen LogP contribution in [0.3, 0.4) is 0 Å². The molecule has 0 atom stereocenters. The van der Waals surface area contributed by atoms with Crippen LogP contribution >= 0.6 is 38.5 Å². The molecule has 3 rings (SSSR count). The van der Waals surface area contributed by atoms with Crippen molar-refractivity contribution in [1.29, 1.82) is 0 Å². The molecule has 0 N–H and O–H groups in total. The van der Waals surface area contributed by atoms with Gasteiger partial charge in [0.15, 0.2) is 0 Å². The highest BCUT2D eigenvalue weighted by Crippen LogP contribution is 2.35. The molecular weight excluding hydrogens is 379 g/mol. The van der Waals surface area contributed by atoms with Crippen molar-refractivity contribution >= 4 is 50.0 Å². The van der Waals surface area contributed by atoms with Crippen molar-refractivity contribution in [2.24, 2.45) is 4.99 Å². The van der Waals surface area contributed by atoms with E-state index in [-0.39, 0.29) is 0 Å². The number of aliphatic imine (C=N–C) groups is 1. The Kier molecular flexibility index (Phi) is 2.96. The fourth-order valence-corrected chi connectivity index (χ4v) is 4.00. The lowest BCUT2D eigenvalue weighted by Gasteiger charge is -2.34. The summed E-state index contributed by atoms with van der Waals surface area (Å²) in [5.74, 6) is 1.28. The van der Waals surface area contributed by atoms with E-state index in [1.165, 1.54) is 34.4 Å². The normalized spacial score (nSPS) is 18.9. The smallest absolute Gasteiger partial charge is 0.105 e. The first-order valence-electron chi connectivity index (χ1n) is 5.54. The van der Waals surface area contributed by atoms with E-state index in [1.807, 2.05) is 0 Å². The molecule has 2 aliphatic rings. The van der Waals surface area contributed by atoms with Crippen molar-refractivity contribution in [3.63, 3.8) is 0 Å². The maximum absolute atomic E-state index is 4.80. The summed E-state index contributed by atoms with van der Waals surface area (Å²) in [4.78, 5) is 7.23. The fourth-order valence-electron chi connectivity index (χ4n) is 2.35. The van der Waals surface area contributed by atoms with Crippen LogP contribution in [-0.4, -0.2) is 17.3 Å². The van der Waals surface area contributed by atoms with Gasteiger partial charge < -0.3 is 4.90 Å². The second-order valence-electron chi connectivity index (χ2n) is 4.29. The van der Waals surface area contributed by atoms with E-state index in [4.69, 9.17) is 4.99 Å². The fraction of sp³-hybridized carbons (Fsp3) is 0.417. The summed E-state index contributed by atoms with van der Waals surface area (Å²) in [5, 5.41) is 0. The van der Waals surface area contributed by atoms with E-state index in [1.54, 1.807) is 0 Å². The Hall–Kier alpha value is -0.100. The molecular formula is C12H12BrIN2. The van der Waals surface area contributed by atoms with E-state index in [2.05, 4.69) is 55.6 Å². The Labute approximate surface area is 117 Å². The first-order chi connectivity index (χ1) is 7.74. The minimum absolute atomic E-state index is 1.04. The van der Waals surface area contributed by atoms with Crippen LogP contribution in [0, 0.1) is 3.57 Å². The molecule has 1 fully saturated rings. The number of rotatable bonds is 0. The molecule has 0 aliphatic carbocycles. The molecule has 2 nitrogen and oxygen atoms in total. The first kappa shape index (κ1) is 11.0. The molecule has 84 valence electrons. The van der Waals surface area contributed by atoms with Gasteiger partial charge in [0.1, 0.15) is 5.84 Å². The highest BCUT2D eigenvalue weighted by atomic mass is 127. The van der Waals surface area contributed by atoms with E-state index in [0.717, 1.165) is 23.1 Å². The molecule has 0 amide bonds. The molecule has 2 aliphatic heterocycles. The molecule has 0 spiro atoms. The molecule has 0 aromatic heterocycles. The predicted octanol–water partition coefficient (Wildman–Crippen LogP) is 4.08. The third-order valence-electron chi connectivity index (χ3n) is 3.18. The van der Waals surface area contributed by atoms with Gasteiger partial charge in [-0.25, -0.2) is 4.99 Å². The standard InChI is InChI=1S/C12H12BrIN2/c13-8-5-10(14)9-7-16-4-2-1-3-12(16)15-11(9)6-8/h5-6H,1-4,7H2. The van der Waals surface area contributed by atoms with Gasteiger partial charge >= 0.3 is 0 Å². The number of hydrogen-bond acceptors (Lipinski definition) is 2. The van der Waals surface area contributed by atoms with E-state index < -0.39 is 0 Å². The monoisotopic (exact) mass is 390 g/mol. The summed E-state index contributed by atoms with van der Waals surface area (Å²) >= 11 is 5.95. The van der Waals surface area contributed by atoms with Gasteiger partial charge in [0.05, 0.1) is 5.69 Å². The number of nitrogens with zero attached hydrogens (tertiary/aromatic N) is 2. The molecule has 1 aromatic rings. The molecule has 0 bridgehead atoms. The number of piperidine rings is 1. The molecule has 16 heavy (non-hydrogen) atoms. The van der Waals surface area contributed by atoms with Gasteiger partial charge in [0.2, 0.25) is 0 Å². The van der Waals surface area contributed by atoms with Gasteiger partial charge in [-0.05, 0) is 47.6 Å². The summed E-state index contributed by atoms with van der Waals surface area (Å²) in [7, 11) is 0. The zero-order valence-electron chi connectivity index (χ0n) is 8.84.